The second-order valence-electron chi connectivity index (χ2n) is 7.26. The second kappa shape index (κ2) is 6.51. The fourth-order valence-corrected chi connectivity index (χ4v) is 4.28. The van der Waals surface area contributed by atoms with Crippen molar-refractivity contribution in [1.82, 2.24) is 10.3 Å². The van der Waals surface area contributed by atoms with Crippen molar-refractivity contribution in [2.45, 2.75) is 44.1 Å². The molecule has 1 N–H and O–H groups in total. The van der Waals surface area contributed by atoms with Gasteiger partial charge in [-0.2, -0.15) is 0 Å². The number of hydrogen-bond donors (Lipinski definition) is 1. The number of carbonyl (C=O) groups is 1. The van der Waals surface area contributed by atoms with Gasteiger partial charge < -0.3 is 10.1 Å². The topological polar surface area (TPSA) is 51.2 Å². The number of fused-ring (bicyclic) bond motifs is 2. The SMILES string of the molecule is CC(Oc1cccnc1)C(=O)NCC1CC12CCCc1ccccc12. The third-order valence-electron chi connectivity index (χ3n) is 5.69. The molecule has 2 aromatic rings. The Balaban J connectivity index is 1.34. The molecule has 4 nitrogen and oxygen atoms in total. The quantitative estimate of drug-likeness (QED) is 0.912. The molecule has 1 aromatic heterocycles. The summed E-state index contributed by atoms with van der Waals surface area (Å²) < 4.78 is 5.65. The number of nitrogens with zero attached hydrogens (tertiary/aromatic N) is 1. The van der Waals surface area contributed by atoms with Gasteiger partial charge in [0.15, 0.2) is 6.10 Å². The van der Waals surface area contributed by atoms with Gasteiger partial charge in [0.2, 0.25) is 0 Å². The molecule has 0 radical (unpaired) electrons. The molecule has 4 heteroatoms. The van der Waals surface area contributed by atoms with Crippen LogP contribution in [0.1, 0.15) is 37.3 Å². The Morgan fingerprint density at radius 3 is 3.08 bits per heavy atom. The lowest BCUT2D eigenvalue weighted by atomic mass is 9.78. The predicted molar refractivity (Wildman–Crippen MR) is 96.5 cm³/mol. The van der Waals surface area contributed by atoms with Crippen molar-refractivity contribution in [3.05, 3.63) is 59.9 Å². The van der Waals surface area contributed by atoms with Crippen molar-refractivity contribution >= 4 is 5.91 Å². The highest BCUT2D eigenvalue weighted by atomic mass is 16.5. The van der Waals surface area contributed by atoms with Gasteiger partial charge in [-0.25, -0.2) is 0 Å². The van der Waals surface area contributed by atoms with E-state index >= 15 is 0 Å². The molecule has 1 saturated carbocycles. The first-order valence-electron chi connectivity index (χ1n) is 9.12. The van der Waals surface area contributed by atoms with E-state index < -0.39 is 6.10 Å². The molecule has 1 amide bonds. The smallest absolute Gasteiger partial charge is 0.260 e. The largest absolute Gasteiger partial charge is 0.479 e. The first kappa shape index (κ1) is 16.1. The van der Waals surface area contributed by atoms with Crippen LogP contribution >= 0.6 is 0 Å². The van der Waals surface area contributed by atoms with E-state index in [9.17, 15) is 4.79 Å². The Bertz CT molecular complexity index is 762. The van der Waals surface area contributed by atoms with Crippen LogP contribution < -0.4 is 10.1 Å². The molecule has 25 heavy (non-hydrogen) atoms. The molecule has 4 rings (SSSR count). The van der Waals surface area contributed by atoms with Crippen molar-refractivity contribution in [3.8, 4) is 5.75 Å². The summed E-state index contributed by atoms with van der Waals surface area (Å²) in [6, 6.07) is 12.4. The van der Waals surface area contributed by atoms with Gasteiger partial charge in [-0.1, -0.05) is 24.3 Å². The highest BCUT2D eigenvalue weighted by molar-refractivity contribution is 5.80. The predicted octanol–water partition coefficient (Wildman–Crippen LogP) is 3.26. The number of ether oxygens (including phenoxy) is 1. The van der Waals surface area contributed by atoms with Crippen LogP contribution in [-0.2, 0) is 16.6 Å². The first-order chi connectivity index (χ1) is 12.2. The summed E-state index contributed by atoms with van der Waals surface area (Å²) in [7, 11) is 0. The summed E-state index contributed by atoms with van der Waals surface area (Å²) in [4.78, 5) is 16.3. The minimum atomic E-state index is -0.516. The van der Waals surface area contributed by atoms with Gasteiger partial charge in [0, 0.05) is 18.2 Å². The molecule has 0 aliphatic heterocycles. The van der Waals surface area contributed by atoms with E-state index in [4.69, 9.17) is 4.74 Å². The van der Waals surface area contributed by atoms with Crippen LogP contribution in [0, 0.1) is 5.92 Å². The van der Waals surface area contributed by atoms with Crippen LogP contribution in [0.25, 0.3) is 0 Å². The van der Waals surface area contributed by atoms with Crippen LogP contribution in [0.4, 0.5) is 0 Å². The Morgan fingerprint density at radius 1 is 1.36 bits per heavy atom. The number of amides is 1. The molecule has 1 spiro atoms. The van der Waals surface area contributed by atoms with Gasteiger partial charge in [-0.15, -0.1) is 0 Å². The maximum atomic E-state index is 12.3. The molecule has 3 unspecified atom stereocenters. The van der Waals surface area contributed by atoms with Crippen LogP contribution in [-0.4, -0.2) is 23.5 Å². The number of aryl methyl sites for hydroxylation is 1. The summed E-state index contributed by atoms with van der Waals surface area (Å²) in [5, 5.41) is 3.08. The molecule has 0 bridgehead atoms. The average Bonchev–Trinajstić information content (AvgIpc) is 3.34. The van der Waals surface area contributed by atoms with Crippen LogP contribution in [0.5, 0.6) is 5.75 Å². The van der Waals surface area contributed by atoms with E-state index in [-0.39, 0.29) is 5.91 Å². The molecule has 2 aliphatic carbocycles. The van der Waals surface area contributed by atoms with E-state index in [0.717, 1.165) is 6.54 Å². The number of pyridine rings is 1. The van der Waals surface area contributed by atoms with Gasteiger partial charge >= 0.3 is 0 Å². The number of aromatic nitrogens is 1. The van der Waals surface area contributed by atoms with E-state index in [0.29, 0.717) is 17.1 Å². The maximum absolute atomic E-state index is 12.3. The molecule has 1 aromatic carbocycles. The van der Waals surface area contributed by atoms with Gasteiger partial charge in [-0.3, -0.25) is 9.78 Å². The fourth-order valence-electron chi connectivity index (χ4n) is 4.28. The van der Waals surface area contributed by atoms with Gasteiger partial charge in [0.1, 0.15) is 5.75 Å². The van der Waals surface area contributed by atoms with Crippen molar-refractivity contribution < 1.29 is 9.53 Å². The van der Waals surface area contributed by atoms with E-state index in [1.807, 2.05) is 6.07 Å². The molecule has 1 fully saturated rings. The molecule has 3 atom stereocenters. The average molecular weight is 336 g/mol. The Hall–Kier alpha value is -2.36. The van der Waals surface area contributed by atoms with Crippen molar-refractivity contribution in [2.24, 2.45) is 5.92 Å². The van der Waals surface area contributed by atoms with Crippen LogP contribution in [0.15, 0.2) is 48.8 Å². The lowest BCUT2D eigenvalue weighted by Crippen LogP contribution is -2.38. The Kier molecular flexibility index (Phi) is 4.20. The zero-order valence-corrected chi connectivity index (χ0v) is 14.6. The van der Waals surface area contributed by atoms with Gasteiger partial charge in [-0.05, 0) is 61.8 Å². The summed E-state index contributed by atoms with van der Waals surface area (Å²) in [5.41, 5.74) is 3.31. The van der Waals surface area contributed by atoms with E-state index in [1.165, 1.54) is 36.8 Å². The van der Waals surface area contributed by atoms with Crippen LogP contribution in [0.3, 0.4) is 0 Å². The first-order valence-corrected chi connectivity index (χ1v) is 9.12. The minimum Gasteiger partial charge on any atom is -0.479 e. The zero-order chi connectivity index (χ0) is 17.3. The summed E-state index contributed by atoms with van der Waals surface area (Å²) >= 11 is 0. The number of carbonyl (C=O) groups excluding carboxylic acids is 1. The van der Waals surface area contributed by atoms with Gasteiger partial charge in [0.05, 0.1) is 6.20 Å². The standard InChI is InChI=1S/C21H24N2O2/c1-15(25-18-8-5-11-22-14-18)20(24)23-13-17-12-21(17)10-4-7-16-6-2-3-9-19(16)21/h2-3,5-6,8-9,11,14-15,17H,4,7,10,12-13H2,1H3,(H,23,24). The highest BCUT2D eigenvalue weighted by Crippen LogP contribution is 2.59. The second-order valence-corrected chi connectivity index (χ2v) is 7.26. The highest BCUT2D eigenvalue weighted by Gasteiger charge is 2.56. The zero-order valence-electron chi connectivity index (χ0n) is 14.6. The third kappa shape index (κ3) is 3.13. The van der Waals surface area contributed by atoms with E-state index in [1.54, 1.807) is 25.4 Å². The fraction of sp³-hybridized carbons (Fsp3) is 0.429. The number of nitrogens with one attached hydrogen (secondary N) is 1. The normalized spacial score (nSPS) is 25.1. The number of benzene rings is 1. The minimum absolute atomic E-state index is 0.0602. The number of rotatable bonds is 5. The summed E-state index contributed by atoms with van der Waals surface area (Å²) in [5.74, 6) is 1.10. The molecule has 1 heterocycles. The Labute approximate surface area is 148 Å². The Morgan fingerprint density at radius 2 is 2.24 bits per heavy atom. The molecular formula is C21H24N2O2. The molecule has 0 saturated heterocycles. The molecule has 130 valence electrons. The third-order valence-corrected chi connectivity index (χ3v) is 5.69. The van der Waals surface area contributed by atoms with Crippen LogP contribution in [0.2, 0.25) is 0 Å². The molecular weight excluding hydrogens is 312 g/mol. The number of hydrogen-bond acceptors (Lipinski definition) is 3. The summed E-state index contributed by atoms with van der Waals surface area (Å²) in [6.07, 6.45) is 7.66. The van der Waals surface area contributed by atoms with E-state index in [2.05, 4.69) is 34.6 Å². The van der Waals surface area contributed by atoms with Crippen molar-refractivity contribution in [2.75, 3.05) is 6.54 Å². The van der Waals surface area contributed by atoms with Gasteiger partial charge in [0.25, 0.3) is 5.91 Å². The maximum Gasteiger partial charge on any atom is 0.260 e. The summed E-state index contributed by atoms with van der Waals surface area (Å²) in [6.45, 7) is 2.51. The molecule has 2 aliphatic rings. The monoisotopic (exact) mass is 336 g/mol. The lowest BCUT2D eigenvalue weighted by molar-refractivity contribution is -0.127. The van der Waals surface area contributed by atoms with Crippen molar-refractivity contribution in [1.29, 1.82) is 0 Å². The lowest BCUT2D eigenvalue weighted by Gasteiger charge is -2.27. The van der Waals surface area contributed by atoms with Crippen molar-refractivity contribution in [3.63, 3.8) is 0 Å².